The lowest BCUT2D eigenvalue weighted by molar-refractivity contribution is 0.109. The largest absolute Gasteiger partial charge is 0.493 e. The van der Waals surface area contributed by atoms with Crippen molar-refractivity contribution in [3.05, 3.63) is 23.8 Å². The molecule has 1 N–H and O–H groups in total. The van der Waals surface area contributed by atoms with Crippen molar-refractivity contribution in [3.63, 3.8) is 0 Å². The second-order valence-electron chi connectivity index (χ2n) is 4.24. The molecule has 1 unspecified atom stereocenters. The molecule has 0 radical (unpaired) electrons. The third-order valence-electron chi connectivity index (χ3n) is 2.89. The third kappa shape index (κ3) is 5.09. The smallest absolute Gasteiger partial charge is 0.161 e. The highest BCUT2D eigenvalue weighted by atomic mass is 16.5. The van der Waals surface area contributed by atoms with Gasteiger partial charge in [0.2, 0.25) is 0 Å². The van der Waals surface area contributed by atoms with Crippen LogP contribution in [0.3, 0.4) is 0 Å². The van der Waals surface area contributed by atoms with Crippen molar-refractivity contribution in [3.8, 4) is 11.5 Å². The molecule has 0 aliphatic rings. The van der Waals surface area contributed by atoms with Gasteiger partial charge in [-0.15, -0.1) is 0 Å². The van der Waals surface area contributed by atoms with Crippen LogP contribution in [-0.4, -0.2) is 33.5 Å². The molecule has 1 aromatic carbocycles. The minimum atomic E-state index is 0.302. The topological polar surface area (TPSA) is 39.7 Å². The van der Waals surface area contributed by atoms with Gasteiger partial charge in [-0.25, -0.2) is 0 Å². The molecule has 1 aromatic rings. The molecule has 0 aliphatic carbocycles. The van der Waals surface area contributed by atoms with Gasteiger partial charge >= 0.3 is 0 Å². The van der Waals surface area contributed by atoms with E-state index in [0.717, 1.165) is 18.0 Å². The first-order valence-corrected chi connectivity index (χ1v) is 6.84. The zero-order chi connectivity index (χ0) is 14.1. The van der Waals surface area contributed by atoms with E-state index in [9.17, 15) is 0 Å². The summed E-state index contributed by atoms with van der Waals surface area (Å²) in [5.41, 5.74) is 1.19. The number of hydrogen-bond donors (Lipinski definition) is 1. The van der Waals surface area contributed by atoms with E-state index < -0.39 is 0 Å². The Morgan fingerprint density at radius 3 is 2.58 bits per heavy atom. The third-order valence-corrected chi connectivity index (χ3v) is 2.89. The predicted molar refractivity (Wildman–Crippen MR) is 77.1 cm³/mol. The van der Waals surface area contributed by atoms with Crippen LogP contribution in [0.15, 0.2) is 18.2 Å². The van der Waals surface area contributed by atoms with Gasteiger partial charge in [0, 0.05) is 12.6 Å². The van der Waals surface area contributed by atoms with Gasteiger partial charge in [-0.3, -0.25) is 0 Å². The van der Waals surface area contributed by atoms with E-state index in [1.54, 1.807) is 7.11 Å². The first-order chi connectivity index (χ1) is 9.22. The molecule has 0 saturated heterocycles. The van der Waals surface area contributed by atoms with Gasteiger partial charge < -0.3 is 19.5 Å². The molecule has 4 heteroatoms. The van der Waals surface area contributed by atoms with E-state index in [-0.39, 0.29) is 0 Å². The molecule has 0 bridgehead atoms. The zero-order valence-electron chi connectivity index (χ0n) is 12.4. The fourth-order valence-corrected chi connectivity index (χ4v) is 1.85. The van der Waals surface area contributed by atoms with Crippen molar-refractivity contribution in [2.75, 3.05) is 33.5 Å². The van der Waals surface area contributed by atoms with Crippen molar-refractivity contribution in [1.82, 2.24) is 5.32 Å². The summed E-state index contributed by atoms with van der Waals surface area (Å²) >= 11 is 0. The molecule has 0 amide bonds. The Kier molecular flexibility index (Phi) is 7.30. The molecule has 1 atom stereocenters. The highest BCUT2D eigenvalue weighted by Crippen LogP contribution is 2.30. The van der Waals surface area contributed by atoms with Crippen LogP contribution in [0.2, 0.25) is 0 Å². The van der Waals surface area contributed by atoms with E-state index in [1.807, 2.05) is 19.1 Å². The highest BCUT2D eigenvalue weighted by molar-refractivity contribution is 5.43. The van der Waals surface area contributed by atoms with Gasteiger partial charge in [-0.05, 0) is 38.1 Å². The molecule has 108 valence electrons. The molecule has 0 saturated carbocycles. The Morgan fingerprint density at radius 1 is 1.16 bits per heavy atom. The highest BCUT2D eigenvalue weighted by Gasteiger charge is 2.09. The molecule has 1 rings (SSSR count). The maximum absolute atomic E-state index is 5.65. The summed E-state index contributed by atoms with van der Waals surface area (Å²) in [4.78, 5) is 0. The molecule has 4 nitrogen and oxygen atoms in total. The van der Waals surface area contributed by atoms with Crippen LogP contribution in [0.1, 0.15) is 32.4 Å². The molecule has 0 fully saturated rings. The Hall–Kier alpha value is -1.26. The van der Waals surface area contributed by atoms with E-state index in [2.05, 4.69) is 25.2 Å². The minimum Gasteiger partial charge on any atom is -0.493 e. The summed E-state index contributed by atoms with van der Waals surface area (Å²) in [6.07, 6.45) is 0. The van der Waals surface area contributed by atoms with Crippen molar-refractivity contribution in [1.29, 1.82) is 0 Å². The van der Waals surface area contributed by atoms with Crippen LogP contribution in [0.5, 0.6) is 11.5 Å². The second-order valence-corrected chi connectivity index (χ2v) is 4.24. The van der Waals surface area contributed by atoms with E-state index in [4.69, 9.17) is 14.2 Å². The lowest BCUT2D eigenvalue weighted by atomic mass is 10.1. The average Bonchev–Trinajstić information content (AvgIpc) is 2.44. The van der Waals surface area contributed by atoms with E-state index >= 15 is 0 Å². The maximum Gasteiger partial charge on any atom is 0.161 e. The molecule has 19 heavy (non-hydrogen) atoms. The monoisotopic (exact) mass is 267 g/mol. The summed E-state index contributed by atoms with van der Waals surface area (Å²) in [5.74, 6) is 1.52. The van der Waals surface area contributed by atoms with Crippen molar-refractivity contribution in [2.45, 2.75) is 26.8 Å². The van der Waals surface area contributed by atoms with Gasteiger partial charge in [0.25, 0.3) is 0 Å². The van der Waals surface area contributed by atoms with Gasteiger partial charge in [-0.2, -0.15) is 0 Å². The zero-order valence-corrected chi connectivity index (χ0v) is 12.4. The molecule has 0 aliphatic heterocycles. The van der Waals surface area contributed by atoms with Gasteiger partial charge in [-0.1, -0.05) is 13.0 Å². The number of hydrogen-bond acceptors (Lipinski definition) is 4. The Morgan fingerprint density at radius 2 is 1.95 bits per heavy atom. The summed E-state index contributed by atoms with van der Waals surface area (Å²) in [6, 6.07) is 6.33. The minimum absolute atomic E-state index is 0.302. The van der Waals surface area contributed by atoms with E-state index in [1.165, 1.54) is 5.56 Å². The normalized spacial score (nSPS) is 12.2. The quantitative estimate of drug-likeness (QED) is 0.698. The molecule has 0 aromatic heterocycles. The first-order valence-electron chi connectivity index (χ1n) is 6.84. The lowest BCUT2D eigenvalue weighted by Crippen LogP contribution is -2.17. The predicted octanol–water partition coefficient (Wildman–Crippen LogP) is 2.78. The SMILES string of the molecule is CCNC(C)c1ccc(OCCOCC)c(OC)c1. The fourth-order valence-electron chi connectivity index (χ4n) is 1.85. The molecular weight excluding hydrogens is 242 g/mol. The Balaban J connectivity index is 2.67. The summed E-state index contributed by atoms with van der Waals surface area (Å²) in [7, 11) is 1.66. The molecular formula is C15H25NO3. The van der Waals surface area contributed by atoms with Crippen molar-refractivity contribution < 1.29 is 14.2 Å². The van der Waals surface area contributed by atoms with Crippen LogP contribution in [0.4, 0.5) is 0 Å². The maximum atomic E-state index is 5.65. The second kappa shape index (κ2) is 8.77. The Labute approximate surface area is 116 Å². The van der Waals surface area contributed by atoms with Gasteiger partial charge in [0.15, 0.2) is 11.5 Å². The molecule has 0 spiro atoms. The van der Waals surface area contributed by atoms with Crippen molar-refractivity contribution >= 4 is 0 Å². The Bertz CT molecular complexity index is 368. The summed E-state index contributed by atoms with van der Waals surface area (Å²) in [5, 5.41) is 3.38. The average molecular weight is 267 g/mol. The number of nitrogens with one attached hydrogen (secondary N) is 1. The van der Waals surface area contributed by atoms with Gasteiger partial charge in [0.05, 0.1) is 13.7 Å². The van der Waals surface area contributed by atoms with Crippen LogP contribution in [0.25, 0.3) is 0 Å². The standard InChI is InChI=1S/C15H25NO3/c1-5-16-12(3)13-7-8-14(15(11-13)17-4)19-10-9-18-6-2/h7-8,11-12,16H,5-6,9-10H2,1-4H3. The van der Waals surface area contributed by atoms with Crippen LogP contribution < -0.4 is 14.8 Å². The number of rotatable bonds is 9. The first kappa shape index (κ1) is 15.8. The lowest BCUT2D eigenvalue weighted by Gasteiger charge is -2.16. The molecule has 0 heterocycles. The number of ether oxygens (including phenoxy) is 3. The summed E-state index contributed by atoms with van der Waals surface area (Å²) in [6.45, 7) is 8.97. The van der Waals surface area contributed by atoms with Gasteiger partial charge in [0.1, 0.15) is 6.61 Å². The summed E-state index contributed by atoms with van der Waals surface area (Å²) < 4.78 is 16.3. The number of benzene rings is 1. The van der Waals surface area contributed by atoms with E-state index in [0.29, 0.717) is 25.9 Å². The fraction of sp³-hybridized carbons (Fsp3) is 0.600. The van der Waals surface area contributed by atoms with Crippen LogP contribution >= 0.6 is 0 Å². The van der Waals surface area contributed by atoms with Crippen LogP contribution in [0, 0.1) is 0 Å². The van der Waals surface area contributed by atoms with Crippen LogP contribution in [-0.2, 0) is 4.74 Å². The van der Waals surface area contributed by atoms with Crippen molar-refractivity contribution in [2.24, 2.45) is 0 Å². The number of methoxy groups -OCH3 is 1.